The first kappa shape index (κ1) is 11.9. The van der Waals surface area contributed by atoms with Gasteiger partial charge in [-0.2, -0.15) is 0 Å². The third-order valence-electron chi connectivity index (χ3n) is 1.98. The van der Waals surface area contributed by atoms with Gasteiger partial charge in [0.2, 0.25) is 0 Å². The SMILES string of the molecule is CC(O)CCCCCCN(C)C. The Balaban J connectivity index is 2.91. The highest BCUT2D eigenvalue weighted by Crippen LogP contribution is 2.05. The molecule has 0 rings (SSSR count). The fourth-order valence-corrected chi connectivity index (χ4v) is 1.22. The third-order valence-corrected chi connectivity index (χ3v) is 1.98. The van der Waals surface area contributed by atoms with Crippen LogP contribution in [-0.4, -0.2) is 36.8 Å². The molecule has 0 aromatic heterocycles. The van der Waals surface area contributed by atoms with Crippen molar-refractivity contribution in [3.05, 3.63) is 0 Å². The van der Waals surface area contributed by atoms with E-state index in [0.29, 0.717) is 0 Å². The van der Waals surface area contributed by atoms with Gasteiger partial charge in [0, 0.05) is 0 Å². The van der Waals surface area contributed by atoms with Crippen LogP contribution >= 0.6 is 0 Å². The van der Waals surface area contributed by atoms with Crippen LogP contribution in [0.25, 0.3) is 0 Å². The maximum absolute atomic E-state index is 8.99. The van der Waals surface area contributed by atoms with Crippen LogP contribution < -0.4 is 0 Å². The molecule has 0 saturated heterocycles. The van der Waals surface area contributed by atoms with Gasteiger partial charge in [0.25, 0.3) is 0 Å². The number of hydrogen-bond acceptors (Lipinski definition) is 2. The van der Waals surface area contributed by atoms with E-state index < -0.39 is 0 Å². The van der Waals surface area contributed by atoms with Gasteiger partial charge in [0.1, 0.15) is 0 Å². The first-order valence-electron chi connectivity index (χ1n) is 4.95. The zero-order valence-corrected chi connectivity index (χ0v) is 8.71. The summed E-state index contributed by atoms with van der Waals surface area (Å²) in [6.07, 6.45) is 5.86. The number of aliphatic hydroxyl groups excluding tert-OH is 1. The predicted octanol–water partition coefficient (Wildman–Crippen LogP) is 1.88. The van der Waals surface area contributed by atoms with E-state index in [9.17, 15) is 0 Å². The Hall–Kier alpha value is -0.0800. The van der Waals surface area contributed by atoms with E-state index in [4.69, 9.17) is 5.11 Å². The molecular weight excluding hydrogens is 150 g/mol. The summed E-state index contributed by atoms with van der Waals surface area (Å²) in [5.74, 6) is 0. The minimum absolute atomic E-state index is 0.112. The van der Waals surface area contributed by atoms with Crippen molar-refractivity contribution in [3.63, 3.8) is 0 Å². The summed E-state index contributed by atoms with van der Waals surface area (Å²) < 4.78 is 0. The normalized spacial score (nSPS) is 13.8. The van der Waals surface area contributed by atoms with Crippen molar-refractivity contribution in [2.24, 2.45) is 0 Å². The number of hydrogen-bond donors (Lipinski definition) is 1. The first-order chi connectivity index (χ1) is 5.63. The summed E-state index contributed by atoms with van der Waals surface area (Å²) in [5, 5.41) is 8.99. The molecule has 0 aliphatic heterocycles. The van der Waals surface area contributed by atoms with Crippen molar-refractivity contribution in [2.45, 2.75) is 45.1 Å². The zero-order chi connectivity index (χ0) is 9.40. The lowest BCUT2D eigenvalue weighted by Gasteiger charge is -2.08. The molecule has 0 aliphatic carbocycles. The molecule has 0 spiro atoms. The lowest BCUT2D eigenvalue weighted by atomic mass is 10.1. The van der Waals surface area contributed by atoms with E-state index >= 15 is 0 Å². The summed E-state index contributed by atoms with van der Waals surface area (Å²) in [7, 11) is 4.21. The second-order valence-corrected chi connectivity index (χ2v) is 3.86. The highest BCUT2D eigenvalue weighted by Gasteiger charge is 1.95. The van der Waals surface area contributed by atoms with Gasteiger partial charge in [-0.3, -0.25) is 0 Å². The quantitative estimate of drug-likeness (QED) is 0.594. The minimum Gasteiger partial charge on any atom is -0.393 e. The van der Waals surface area contributed by atoms with Crippen LogP contribution in [0.15, 0.2) is 0 Å². The van der Waals surface area contributed by atoms with Crippen molar-refractivity contribution >= 4 is 0 Å². The number of aliphatic hydroxyl groups is 1. The smallest absolute Gasteiger partial charge is 0.0512 e. The van der Waals surface area contributed by atoms with E-state index in [1.165, 1.54) is 32.2 Å². The molecule has 0 amide bonds. The average Bonchev–Trinajstić information content (AvgIpc) is 1.95. The van der Waals surface area contributed by atoms with Gasteiger partial charge in [0.15, 0.2) is 0 Å². The van der Waals surface area contributed by atoms with Gasteiger partial charge in [-0.15, -0.1) is 0 Å². The molecule has 0 aliphatic rings. The Morgan fingerprint density at radius 1 is 1.08 bits per heavy atom. The maximum atomic E-state index is 8.99. The standard InChI is InChI=1S/C10H23NO/c1-10(12)8-6-4-5-7-9-11(2)3/h10,12H,4-9H2,1-3H3. The molecule has 0 bridgehead atoms. The van der Waals surface area contributed by atoms with Crippen LogP contribution in [0.1, 0.15) is 39.0 Å². The van der Waals surface area contributed by atoms with Crippen LogP contribution in [0, 0.1) is 0 Å². The molecule has 2 nitrogen and oxygen atoms in total. The molecule has 12 heavy (non-hydrogen) atoms. The predicted molar refractivity (Wildman–Crippen MR) is 53.3 cm³/mol. The van der Waals surface area contributed by atoms with E-state index in [2.05, 4.69) is 19.0 Å². The molecule has 1 N–H and O–H groups in total. The average molecular weight is 173 g/mol. The van der Waals surface area contributed by atoms with E-state index in [-0.39, 0.29) is 6.10 Å². The van der Waals surface area contributed by atoms with Gasteiger partial charge >= 0.3 is 0 Å². The fourth-order valence-electron chi connectivity index (χ4n) is 1.22. The van der Waals surface area contributed by atoms with Gasteiger partial charge in [0.05, 0.1) is 6.10 Å². The minimum atomic E-state index is -0.112. The first-order valence-corrected chi connectivity index (χ1v) is 4.95. The van der Waals surface area contributed by atoms with Gasteiger partial charge in [-0.05, 0) is 40.4 Å². The van der Waals surface area contributed by atoms with Crippen molar-refractivity contribution in [2.75, 3.05) is 20.6 Å². The molecule has 0 radical (unpaired) electrons. The summed E-state index contributed by atoms with van der Waals surface area (Å²) in [6.45, 7) is 3.05. The zero-order valence-electron chi connectivity index (χ0n) is 8.71. The Bertz CT molecular complexity index is 79.8. The summed E-state index contributed by atoms with van der Waals surface area (Å²) in [5.41, 5.74) is 0. The number of rotatable bonds is 7. The van der Waals surface area contributed by atoms with Crippen LogP contribution in [0.4, 0.5) is 0 Å². The topological polar surface area (TPSA) is 23.5 Å². The van der Waals surface area contributed by atoms with Crippen LogP contribution in [-0.2, 0) is 0 Å². The monoisotopic (exact) mass is 173 g/mol. The Morgan fingerprint density at radius 3 is 2.17 bits per heavy atom. The fraction of sp³-hybridized carbons (Fsp3) is 1.00. The molecule has 2 heteroatoms. The summed E-state index contributed by atoms with van der Waals surface area (Å²) >= 11 is 0. The van der Waals surface area contributed by atoms with Gasteiger partial charge < -0.3 is 10.0 Å². The van der Waals surface area contributed by atoms with Crippen molar-refractivity contribution < 1.29 is 5.11 Å². The highest BCUT2D eigenvalue weighted by molar-refractivity contribution is 4.50. The Morgan fingerprint density at radius 2 is 1.67 bits per heavy atom. The Labute approximate surface area is 76.6 Å². The van der Waals surface area contributed by atoms with E-state index in [0.717, 1.165) is 6.42 Å². The lowest BCUT2D eigenvalue weighted by Crippen LogP contribution is -2.12. The number of nitrogens with zero attached hydrogens (tertiary/aromatic N) is 1. The van der Waals surface area contributed by atoms with E-state index in [1.54, 1.807) is 0 Å². The van der Waals surface area contributed by atoms with Crippen molar-refractivity contribution in [3.8, 4) is 0 Å². The lowest BCUT2D eigenvalue weighted by molar-refractivity contribution is 0.180. The van der Waals surface area contributed by atoms with Crippen LogP contribution in [0.3, 0.4) is 0 Å². The molecule has 0 aromatic rings. The van der Waals surface area contributed by atoms with E-state index in [1.807, 2.05) is 6.92 Å². The Kier molecular flexibility index (Phi) is 7.51. The molecule has 1 unspecified atom stereocenters. The largest absolute Gasteiger partial charge is 0.393 e. The molecule has 0 saturated carbocycles. The molecule has 74 valence electrons. The third kappa shape index (κ3) is 9.92. The van der Waals surface area contributed by atoms with Crippen LogP contribution in [0.2, 0.25) is 0 Å². The maximum Gasteiger partial charge on any atom is 0.0512 e. The van der Waals surface area contributed by atoms with Gasteiger partial charge in [-0.1, -0.05) is 19.3 Å². The van der Waals surface area contributed by atoms with Crippen molar-refractivity contribution in [1.82, 2.24) is 4.90 Å². The highest BCUT2D eigenvalue weighted by atomic mass is 16.3. The van der Waals surface area contributed by atoms with Crippen LogP contribution in [0.5, 0.6) is 0 Å². The summed E-state index contributed by atoms with van der Waals surface area (Å²) in [4.78, 5) is 2.22. The summed E-state index contributed by atoms with van der Waals surface area (Å²) in [6, 6.07) is 0. The molecule has 0 fully saturated rings. The molecule has 0 aromatic carbocycles. The second-order valence-electron chi connectivity index (χ2n) is 3.86. The molecule has 1 atom stereocenters. The molecule has 0 heterocycles. The van der Waals surface area contributed by atoms with Crippen molar-refractivity contribution in [1.29, 1.82) is 0 Å². The second kappa shape index (κ2) is 7.56. The van der Waals surface area contributed by atoms with Gasteiger partial charge in [-0.25, -0.2) is 0 Å². The number of unbranched alkanes of at least 4 members (excludes halogenated alkanes) is 3. The molecular formula is C10H23NO.